The fourth-order valence-electron chi connectivity index (χ4n) is 1.96. The summed E-state index contributed by atoms with van der Waals surface area (Å²) in [6.07, 6.45) is 7.40. The highest BCUT2D eigenvalue weighted by atomic mass is 16.2. The molecule has 84 valence electrons. The fourth-order valence-corrected chi connectivity index (χ4v) is 1.96. The molecule has 0 heterocycles. The van der Waals surface area contributed by atoms with E-state index in [4.69, 9.17) is 9.59 Å². The van der Waals surface area contributed by atoms with Crippen molar-refractivity contribution in [1.29, 1.82) is 0 Å². The second-order valence-electron chi connectivity index (χ2n) is 3.81. The van der Waals surface area contributed by atoms with Crippen LogP contribution in [0.25, 0.3) is 0 Å². The minimum absolute atomic E-state index is 0.250. The van der Waals surface area contributed by atoms with Gasteiger partial charge in [0, 0.05) is 12.3 Å². The molecule has 3 nitrogen and oxygen atoms in total. The number of Topliss-reactive ketones (excluding diaryl/α,β-unsaturated/α-hetero) is 1. The van der Waals surface area contributed by atoms with Crippen molar-refractivity contribution in [3.63, 3.8) is 0 Å². The van der Waals surface area contributed by atoms with Gasteiger partial charge in [-0.3, -0.25) is 4.79 Å². The SMILES string of the molecule is C=CC1CCC(CCC)C(=O)C1.O=C=O. The number of allylic oxidation sites excluding steroid dienone is 1. The van der Waals surface area contributed by atoms with Gasteiger partial charge in [-0.2, -0.15) is 9.59 Å². The minimum Gasteiger partial charge on any atom is -0.299 e. The molecule has 0 aromatic heterocycles. The van der Waals surface area contributed by atoms with Crippen molar-refractivity contribution in [2.75, 3.05) is 0 Å². The van der Waals surface area contributed by atoms with Gasteiger partial charge in [-0.1, -0.05) is 19.4 Å². The molecule has 0 amide bonds. The van der Waals surface area contributed by atoms with E-state index in [9.17, 15) is 4.79 Å². The molecule has 0 aromatic carbocycles. The quantitative estimate of drug-likeness (QED) is 0.672. The molecule has 1 aliphatic rings. The molecule has 0 spiro atoms. The molecule has 0 aliphatic heterocycles. The van der Waals surface area contributed by atoms with Crippen LogP contribution < -0.4 is 0 Å². The van der Waals surface area contributed by atoms with Crippen LogP contribution in [-0.4, -0.2) is 11.9 Å². The maximum absolute atomic E-state index is 11.5. The number of hydrogen-bond donors (Lipinski definition) is 0. The van der Waals surface area contributed by atoms with E-state index in [0.29, 0.717) is 17.6 Å². The Labute approximate surface area is 90.5 Å². The monoisotopic (exact) mass is 210 g/mol. The standard InChI is InChI=1S/C11H18O.CO2/c1-3-5-10-7-6-9(4-2)8-11(10)12;2-1-3/h4,9-10H,2-3,5-8H2,1H3;. The zero-order chi connectivity index (χ0) is 11.7. The molecule has 0 aromatic rings. The molecule has 2 atom stereocenters. The van der Waals surface area contributed by atoms with Crippen LogP contribution in [0, 0.1) is 11.8 Å². The average Bonchev–Trinajstić information content (AvgIpc) is 2.22. The fraction of sp³-hybridized carbons (Fsp3) is 0.667. The first-order valence-electron chi connectivity index (χ1n) is 5.34. The Hall–Kier alpha value is -1.21. The van der Waals surface area contributed by atoms with Crippen molar-refractivity contribution in [3.8, 4) is 0 Å². The number of carbonyl (C=O) groups is 1. The highest BCUT2D eigenvalue weighted by Gasteiger charge is 2.25. The molecule has 1 fully saturated rings. The van der Waals surface area contributed by atoms with Crippen molar-refractivity contribution in [2.24, 2.45) is 11.8 Å². The maximum Gasteiger partial charge on any atom is 0.373 e. The number of rotatable bonds is 3. The van der Waals surface area contributed by atoms with Crippen LogP contribution in [0.5, 0.6) is 0 Å². The minimum atomic E-state index is 0.250. The summed E-state index contributed by atoms with van der Waals surface area (Å²) in [7, 11) is 0. The predicted molar refractivity (Wildman–Crippen MR) is 56.0 cm³/mol. The first kappa shape index (κ1) is 13.8. The highest BCUT2D eigenvalue weighted by Crippen LogP contribution is 2.29. The van der Waals surface area contributed by atoms with E-state index in [1.807, 2.05) is 6.08 Å². The van der Waals surface area contributed by atoms with Crippen molar-refractivity contribution in [1.82, 2.24) is 0 Å². The Morgan fingerprint density at radius 2 is 2.07 bits per heavy atom. The van der Waals surface area contributed by atoms with Gasteiger partial charge in [0.05, 0.1) is 0 Å². The third kappa shape index (κ3) is 5.28. The molecule has 0 radical (unpaired) electrons. The van der Waals surface area contributed by atoms with Crippen molar-refractivity contribution < 1.29 is 14.4 Å². The van der Waals surface area contributed by atoms with Gasteiger partial charge in [0.1, 0.15) is 5.78 Å². The highest BCUT2D eigenvalue weighted by molar-refractivity contribution is 5.82. The van der Waals surface area contributed by atoms with E-state index >= 15 is 0 Å². The van der Waals surface area contributed by atoms with E-state index in [1.54, 1.807) is 0 Å². The largest absolute Gasteiger partial charge is 0.373 e. The van der Waals surface area contributed by atoms with Crippen LogP contribution in [-0.2, 0) is 14.4 Å². The van der Waals surface area contributed by atoms with Gasteiger partial charge in [0.2, 0.25) is 0 Å². The average molecular weight is 210 g/mol. The van der Waals surface area contributed by atoms with Gasteiger partial charge in [0.25, 0.3) is 0 Å². The van der Waals surface area contributed by atoms with Crippen LogP contribution >= 0.6 is 0 Å². The lowest BCUT2D eigenvalue weighted by Gasteiger charge is -2.24. The van der Waals surface area contributed by atoms with E-state index in [0.717, 1.165) is 25.7 Å². The summed E-state index contributed by atoms with van der Waals surface area (Å²) in [5.74, 6) is 1.30. The van der Waals surface area contributed by atoms with Crippen LogP contribution in [0.2, 0.25) is 0 Å². The smallest absolute Gasteiger partial charge is 0.299 e. The van der Waals surface area contributed by atoms with Crippen LogP contribution in [0.15, 0.2) is 12.7 Å². The summed E-state index contributed by atoms with van der Waals surface area (Å²) >= 11 is 0. The van der Waals surface area contributed by atoms with Gasteiger partial charge in [-0.25, -0.2) is 0 Å². The molecule has 1 aliphatic carbocycles. The summed E-state index contributed by atoms with van der Waals surface area (Å²) in [5.41, 5.74) is 0. The maximum atomic E-state index is 11.5. The number of ketones is 1. The number of carbonyl (C=O) groups excluding carboxylic acids is 3. The Balaban J connectivity index is 0.000000583. The van der Waals surface area contributed by atoms with E-state index in [1.165, 1.54) is 6.42 Å². The second kappa shape index (κ2) is 8.13. The van der Waals surface area contributed by atoms with Crippen LogP contribution in [0.3, 0.4) is 0 Å². The molecule has 1 saturated carbocycles. The van der Waals surface area contributed by atoms with Gasteiger partial charge < -0.3 is 0 Å². The van der Waals surface area contributed by atoms with E-state index < -0.39 is 0 Å². The van der Waals surface area contributed by atoms with Crippen molar-refractivity contribution in [3.05, 3.63) is 12.7 Å². The van der Waals surface area contributed by atoms with Gasteiger partial charge >= 0.3 is 6.15 Å². The van der Waals surface area contributed by atoms with E-state index in [-0.39, 0.29) is 6.15 Å². The Kier molecular flexibility index (Phi) is 7.47. The van der Waals surface area contributed by atoms with Gasteiger partial charge in [-0.05, 0) is 25.2 Å². The summed E-state index contributed by atoms with van der Waals surface area (Å²) in [5, 5.41) is 0. The third-order valence-electron chi connectivity index (χ3n) is 2.78. The summed E-state index contributed by atoms with van der Waals surface area (Å²) in [4.78, 5) is 27.8. The Bertz CT molecular complexity index is 239. The summed E-state index contributed by atoms with van der Waals surface area (Å²) in [6.45, 7) is 5.88. The molecule has 15 heavy (non-hydrogen) atoms. The lowest BCUT2D eigenvalue weighted by molar-refractivity contribution is -0.191. The van der Waals surface area contributed by atoms with Crippen molar-refractivity contribution in [2.45, 2.75) is 39.0 Å². The molecule has 0 saturated heterocycles. The first-order valence-corrected chi connectivity index (χ1v) is 5.34. The molecule has 0 bridgehead atoms. The lowest BCUT2D eigenvalue weighted by Crippen LogP contribution is -2.23. The normalized spacial score (nSPS) is 24.7. The first-order chi connectivity index (χ1) is 7.19. The van der Waals surface area contributed by atoms with Gasteiger partial charge in [0.15, 0.2) is 0 Å². The topological polar surface area (TPSA) is 51.2 Å². The Morgan fingerprint density at radius 1 is 1.47 bits per heavy atom. The predicted octanol–water partition coefficient (Wildman–Crippen LogP) is 2.37. The zero-order valence-corrected chi connectivity index (χ0v) is 9.20. The molecular weight excluding hydrogens is 192 g/mol. The van der Waals surface area contributed by atoms with Crippen LogP contribution in [0.1, 0.15) is 39.0 Å². The Morgan fingerprint density at radius 3 is 2.47 bits per heavy atom. The summed E-state index contributed by atoms with van der Waals surface area (Å²) in [6, 6.07) is 0. The van der Waals surface area contributed by atoms with E-state index in [2.05, 4.69) is 13.5 Å². The van der Waals surface area contributed by atoms with Crippen molar-refractivity contribution >= 4 is 11.9 Å². The lowest BCUT2D eigenvalue weighted by atomic mass is 9.79. The third-order valence-corrected chi connectivity index (χ3v) is 2.78. The molecule has 2 unspecified atom stereocenters. The van der Waals surface area contributed by atoms with Gasteiger partial charge in [-0.15, -0.1) is 6.58 Å². The molecule has 3 heteroatoms. The summed E-state index contributed by atoms with van der Waals surface area (Å²) < 4.78 is 0. The molecular formula is C12H18O3. The molecule has 0 N–H and O–H groups in total. The number of hydrogen-bond acceptors (Lipinski definition) is 3. The van der Waals surface area contributed by atoms with Crippen LogP contribution in [0.4, 0.5) is 0 Å². The molecule has 1 rings (SSSR count). The second-order valence-corrected chi connectivity index (χ2v) is 3.81. The zero-order valence-electron chi connectivity index (χ0n) is 9.20.